The molecule has 0 spiro atoms. The first kappa shape index (κ1) is 30.3. The Morgan fingerprint density at radius 1 is 0.786 bits per heavy atom. The molecule has 3 amide bonds. The highest BCUT2D eigenvalue weighted by Crippen LogP contribution is 2.29. The van der Waals surface area contributed by atoms with Gasteiger partial charge in [0.25, 0.3) is 0 Å². The Labute approximate surface area is 244 Å². The number of ether oxygens (including phenoxy) is 2. The molecular formula is C32H35N3O7. The number of Topliss-reactive ketones (excluding diaryl/α,β-unsaturated/α-hetero) is 1. The number of amides is 3. The highest BCUT2D eigenvalue weighted by molar-refractivity contribution is 5.98. The molecule has 4 atom stereocenters. The first-order valence-electron chi connectivity index (χ1n) is 13.7. The molecule has 4 N–H and O–H groups in total. The number of carbonyl (C=O) groups excluding carboxylic acids is 4. The lowest BCUT2D eigenvalue weighted by Gasteiger charge is -2.25. The largest absolute Gasteiger partial charge is 0.508 e. The van der Waals surface area contributed by atoms with E-state index in [2.05, 4.69) is 16.0 Å². The summed E-state index contributed by atoms with van der Waals surface area (Å²) in [5.74, 6) is -1.36. The zero-order chi connectivity index (χ0) is 30.1. The van der Waals surface area contributed by atoms with Crippen molar-refractivity contribution in [3.05, 3.63) is 102 Å². The molecule has 220 valence electrons. The lowest BCUT2D eigenvalue weighted by molar-refractivity contribution is -0.133. The molecule has 0 bridgehead atoms. The second-order valence-corrected chi connectivity index (χ2v) is 10.5. The van der Waals surface area contributed by atoms with E-state index in [0.29, 0.717) is 0 Å². The van der Waals surface area contributed by atoms with Crippen LogP contribution in [0.15, 0.2) is 84.9 Å². The van der Waals surface area contributed by atoms with Crippen LogP contribution in [-0.2, 0) is 43.3 Å². The van der Waals surface area contributed by atoms with Gasteiger partial charge in [-0.3, -0.25) is 14.4 Å². The number of alkyl carbamates (subject to hydrolysis) is 1. The predicted octanol–water partition coefficient (Wildman–Crippen LogP) is 2.82. The van der Waals surface area contributed by atoms with Gasteiger partial charge in [0.2, 0.25) is 11.8 Å². The standard InChI is InChI=1S/C32H35N3O7/c1-21(33-31(40)41-19-24-11-7-4-8-12-24)29(38)35-27(18-22-9-5-3-6-10-22)30(39)34-26(28(37)32(2)20-42-32)17-23-13-15-25(36)16-14-23/h3-16,21,26-27,36H,17-20H2,1-2H3,(H,33,40)(H,34,39)(H,35,38)/t21-,26+,27+,32-/m1/s1. The third-order valence-electron chi connectivity index (χ3n) is 6.96. The number of carbonyl (C=O) groups is 4. The molecule has 1 saturated heterocycles. The van der Waals surface area contributed by atoms with Crippen LogP contribution in [-0.4, -0.2) is 59.1 Å². The molecule has 10 heteroatoms. The number of hydrogen-bond acceptors (Lipinski definition) is 7. The SMILES string of the molecule is C[C@@H](NC(=O)OCc1ccccc1)C(=O)N[C@@H](Cc1ccccc1)C(=O)N[C@@H](Cc1ccc(O)cc1)C(=O)[C@@]1(C)CO1. The van der Waals surface area contributed by atoms with E-state index in [4.69, 9.17) is 9.47 Å². The number of ketones is 1. The van der Waals surface area contributed by atoms with Gasteiger partial charge in [-0.2, -0.15) is 0 Å². The molecule has 3 aromatic carbocycles. The van der Waals surface area contributed by atoms with Crippen molar-refractivity contribution >= 4 is 23.7 Å². The van der Waals surface area contributed by atoms with Gasteiger partial charge in [-0.1, -0.05) is 72.8 Å². The number of hydrogen-bond donors (Lipinski definition) is 4. The lowest BCUT2D eigenvalue weighted by atomic mass is 9.94. The Bertz CT molecular complexity index is 1380. The minimum Gasteiger partial charge on any atom is -0.508 e. The van der Waals surface area contributed by atoms with Crippen LogP contribution in [0.4, 0.5) is 4.79 Å². The van der Waals surface area contributed by atoms with E-state index in [-0.39, 0.29) is 37.6 Å². The Morgan fingerprint density at radius 2 is 1.31 bits per heavy atom. The van der Waals surface area contributed by atoms with Crippen molar-refractivity contribution in [3.8, 4) is 5.75 Å². The van der Waals surface area contributed by atoms with Crippen LogP contribution in [0.5, 0.6) is 5.75 Å². The quantitative estimate of drug-likeness (QED) is 0.230. The molecular weight excluding hydrogens is 538 g/mol. The maximum atomic E-state index is 13.6. The molecule has 3 aromatic rings. The van der Waals surface area contributed by atoms with Crippen LogP contribution in [0.1, 0.15) is 30.5 Å². The number of epoxide rings is 1. The van der Waals surface area contributed by atoms with Crippen molar-refractivity contribution in [2.75, 3.05) is 6.61 Å². The van der Waals surface area contributed by atoms with Crippen LogP contribution >= 0.6 is 0 Å². The van der Waals surface area contributed by atoms with Crippen molar-refractivity contribution in [1.82, 2.24) is 16.0 Å². The van der Waals surface area contributed by atoms with E-state index < -0.39 is 41.6 Å². The summed E-state index contributed by atoms with van der Waals surface area (Å²) in [7, 11) is 0. The molecule has 1 aliphatic heterocycles. The third-order valence-corrected chi connectivity index (χ3v) is 6.96. The van der Waals surface area contributed by atoms with E-state index in [1.807, 2.05) is 60.7 Å². The monoisotopic (exact) mass is 573 g/mol. The smallest absolute Gasteiger partial charge is 0.408 e. The average molecular weight is 574 g/mol. The normalized spacial score (nSPS) is 17.7. The van der Waals surface area contributed by atoms with Crippen molar-refractivity contribution in [2.45, 2.75) is 57.0 Å². The zero-order valence-electron chi connectivity index (χ0n) is 23.5. The number of aromatic hydroxyl groups is 1. The van der Waals surface area contributed by atoms with Gasteiger partial charge in [0.05, 0.1) is 12.6 Å². The van der Waals surface area contributed by atoms with Gasteiger partial charge in [-0.05, 0) is 49.1 Å². The van der Waals surface area contributed by atoms with Gasteiger partial charge in [0.1, 0.15) is 30.0 Å². The van der Waals surface area contributed by atoms with E-state index in [0.717, 1.165) is 16.7 Å². The Kier molecular flexibility index (Phi) is 9.93. The van der Waals surface area contributed by atoms with Crippen molar-refractivity contribution < 1.29 is 33.8 Å². The Hall–Kier alpha value is -4.70. The number of rotatable bonds is 13. The summed E-state index contributed by atoms with van der Waals surface area (Å²) in [6.07, 6.45) is -0.457. The maximum absolute atomic E-state index is 13.6. The fraction of sp³-hybridized carbons (Fsp3) is 0.312. The molecule has 0 unspecified atom stereocenters. The minimum absolute atomic E-state index is 0.0408. The van der Waals surface area contributed by atoms with Crippen molar-refractivity contribution in [2.24, 2.45) is 0 Å². The summed E-state index contributed by atoms with van der Waals surface area (Å²) < 4.78 is 10.6. The molecule has 1 aliphatic rings. The van der Waals surface area contributed by atoms with Crippen LogP contribution in [0, 0.1) is 0 Å². The summed E-state index contributed by atoms with van der Waals surface area (Å²) >= 11 is 0. The van der Waals surface area contributed by atoms with Gasteiger partial charge in [-0.25, -0.2) is 4.79 Å². The fourth-order valence-corrected chi connectivity index (χ4v) is 4.33. The topological polar surface area (TPSA) is 146 Å². The minimum atomic E-state index is -1.05. The van der Waals surface area contributed by atoms with Crippen LogP contribution < -0.4 is 16.0 Å². The predicted molar refractivity (Wildman–Crippen MR) is 154 cm³/mol. The van der Waals surface area contributed by atoms with E-state index in [1.165, 1.54) is 19.1 Å². The van der Waals surface area contributed by atoms with Crippen LogP contribution in [0.25, 0.3) is 0 Å². The van der Waals surface area contributed by atoms with Gasteiger partial charge in [0.15, 0.2) is 5.78 Å². The van der Waals surface area contributed by atoms with Gasteiger partial charge < -0.3 is 30.5 Å². The summed E-state index contributed by atoms with van der Waals surface area (Å²) in [4.78, 5) is 52.3. The van der Waals surface area contributed by atoms with Crippen molar-refractivity contribution in [3.63, 3.8) is 0 Å². The summed E-state index contributed by atoms with van der Waals surface area (Å²) in [6, 6.07) is 21.6. The number of phenols is 1. The van der Waals surface area contributed by atoms with Gasteiger partial charge in [0, 0.05) is 6.42 Å². The molecule has 1 fully saturated rings. The lowest BCUT2D eigenvalue weighted by Crippen LogP contribution is -2.57. The number of benzene rings is 3. The van der Waals surface area contributed by atoms with Gasteiger partial charge >= 0.3 is 6.09 Å². The van der Waals surface area contributed by atoms with Crippen LogP contribution in [0.2, 0.25) is 0 Å². The summed E-state index contributed by atoms with van der Waals surface area (Å²) in [6.45, 7) is 3.44. The number of phenolic OH excluding ortho intramolecular Hbond substituents is 1. The molecule has 0 aromatic heterocycles. The number of nitrogens with one attached hydrogen (secondary N) is 3. The molecule has 4 rings (SSSR count). The van der Waals surface area contributed by atoms with E-state index in [1.54, 1.807) is 19.1 Å². The van der Waals surface area contributed by atoms with Gasteiger partial charge in [-0.15, -0.1) is 0 Å². The second-order valence-electron chi connectivity index (χ2n) is 10.5. The molecule has 42 heavy (non-hydrogen) atoms. The zero-order valence-corrected chi connectivity index (χ0v) is 23.5. The van der Waals surface area contributed by atoms with E-state index in [9.17, 15) is 24.3 Å². The maximum Gasteiger partial charge on any atom is 0.408 e. The van der Waals surface area contributed by atoms with Crippen molar-refractivity contribution in [1.29, 1.82) is 0 Å². The van der Waals surface area contributed by atoms with Crippen LogP contribution in [0.3, 0.4) is 0 Å². The molecule has 10 nitrogen and oxygen atoms in total. The summed E-state index contributed by atoms with van der Waals surface area (Å²) in [5, 5.41) is 17.6. The first-order chi connectivity index (χ1) is 20.1. The first-order valence-corrected chi connectivity index (χ1v) is 13.7. The molecule has 0 aliphatic carbocycles. The second kappa shape index (κ2) is 13.8. The fourth-order valence-electron chi connectivity index (χ4n) is 4.33. The highest BCUT2D eigenvalue weighted by atomic mass is 16.6. The molecule has 1 heterocycles. The van der Waals surface area contributed by atoms with E-state index >= 15 is 0 Å². The molecule has 0 radical (unpaired) electrons. The summed E-state index contributed by atoms with van der Waals surface area (Å²) in [5.41, 5.74) is 1.32. The highest BCUT2D eigenvalue weighted by Gasteiger charge is 2.50. The third kappa shape index (κ3) is 8.65. The molecule has 0 saturated carbocycles. The Morgan fingerprint density at radius 3 is 1.90 bits per heavy atom. The average Bonchev–Trinajstić information content (AvgIpc) is 3.75. The Balaban J connectivity index is 1.44.